The molecule has 4 saturated carbocycles. The number of fused-ring (bicyclic) bond motifs is 9. The number of carbonyl (C=O) groups is 1. The summed E-state index contributed by atoms with van der Waals surface area (Å²) in [6.07, 6.45) is 17.2. The zero-order valence-electron chi connectivity index (χ0n) is 16.5. The third kappa shape index (κ3) is 1.89. The predicted molar refractivity (Wildman–Crippen MR) is 106 cm³/mol. The van der Waals surface area contributed by atoms with Crippen LogP contribution < -0.4 is 0 Å². The fourth-order valence-electron chi connectivity index (χ4n) is 9.00. The van der Waals surface area contributed by atoms with Crippen LogP contribution in [-0.2, 0) is 9.53 Å². The van der Waals surface area contributed by atoms with Crippen LogP contribution in [0.2, 0.25) is 0 Å². The second kappa shape index (κ2) is 5.47. The minimum absolute atomic E-state index is 0.0341. The van der Waals surface area contributed by atoms with Crippen LogP contribution in [0.5, 0.6) is 0 Å². The van der Waals surface area contributed by atoms with Crippen molar-refractivity contribution in [3.05, 3.63) is 36.5 Å². The van der Waals surface area contributed by atoms with Crippen LogP contribution in [0.15, 0.2) is 36.5 Å². The van der Waals surface area contributed by atoms with E-state index in [1.807, 2.05) is 6.08 Å². The summed E-state index contributed by atoms with van der Waals surface area (Å²) in [7, 11) is 0. The Morgan fingerprint density at radius 3 is 2.96 bits per heavy atom. The number of ether oxygens (including phenoxy) is 1. The normalized spacial score (nSPS) is 54.8. The maximum atomic E-state index is 12.1. The molecule has 0 radical (unpaired) electrons. The van der Waals surface area contributed by atoms with Crippen molar-refractivity contribution in [2.75, 3.05) is 6.61 Å². The zero-order chi connectivity index (χ0) is 18.4. The van der Waals surface area contributed by atoms with Gasteiger partial charge in [-0.25, -0.2) is 0 Å². The van der Waals surface area contributed by atoms with Gasteiger partial charge in [0.05, 0.1) is 12.2 Å². The molecule has 0 N–H and O–H groups in total. The van der Waals surface area contributed by atoms with Crippen molar-refractivity contribution in [1.29, 1.82) is 0 Å². The van der Waals surface area contributed by atoms with E-state index in [-0.39, 0.29) is 5.60 Å². The molecule has 0 aromatic carbocycles. The average Bonchev–Trinajstić information content (AvgIpc) is 3.26. The number of allylic oxidation sites excluding steroid dienone is 2. The minimum atomic E-state index is 0.0341. The van der Waals surface area contributed by atoms with Crippen LogP contribution in [0.1, 0.15) is 51.9 Å². The maximum Gasteiger partial charge on any atom is 0.155 e. The number of hydrogen-bond acceptors (Lipinski definition) is 2. The van der Waals surface area contributed by atoms with Crippen molar-refractivity contribution in [3.63, 3.8) is 0 Å². The highest BCUT2D eigenvalue weighted by Gasteiger charge is 2.77. The molecule has 5 unspecified atom stereocenters. The van der Waals surface area contributed by atoms with Crippen molar-refractivity contribution >= 4 is 5.78 Å². The van der Waals surface area contributed by atoms with E-state index in [0.717, 1.165) is 55.5 Å². The highest BCUT2D eigenvalue weighted by Crippen LogP contribution is 2.79. The van der Waals surface area contributed by atoms with Gasteiger partial charge < -0.3 is 4.74 Å². The first-order valence-corrected chi connectivity index (χ1v) is 11.3. The van der Waals surface area contributed by atoms with Crippen LogP contribution in [0.4, 0.5) is 0 Å². The lowest BCUT2D eigenvalue weighted by Crippen LogP contribution is -2.57. The van der Waals surface area contributed by atoms with E-state index in [4.69, 9.17) is 4.74 Å². The van der Waals surface area contributed by atoms with Crippen LogP contribution >= 0.6 is 0 Å². The molecular formula is C25H32O2. The molecule has 2 heteroatoms. The van der Waals surface area contributed by atoms with Gasteiger partial charge in [0.2, 0.25) is 0 Å². The molecule has 0 amide bonds. The fourth-order valence-corrected chi connectivity index (χ4v) is 9.00. The molecule has 9 atom stereocenters. The van der Waals surface area contributed by atoms with E-state index < -0.39 is 0 Å². The SMILES string of the molecule is C=CC1CC2=CC(=O)CC[C@@H]2C2CC[C@@]3(CC)C(C12)C1C[C@@H]1[C@@]31C=CCO1. The van der Waals surface area contributed by atoms with Gasteiger partial charge in [0.1, 0.15) is 0 Å². The molecule has 144 valence electrons. The lowest BCUT2D eigenvalue weighted by Gasteiger charge is -2.60. The molecule has 0 saturated heterocycles. The van der Waals surface area contributed by atoms with Gasteiger partial charge in [-0.05, 0) is 86.0 Å². The first-order chi connectivity index (χ1) is 13.1. The molecule has 0 aromatic heterocycles. The largest absolute Gasteiger partial charge is 0.366 e. The molecule has 5 aliphatic carbocycles. The quantitative estimate of drug-likeness (QED) is 0.636. The molecule has 6 rings (SSSR count). The van der Waals surface area contributed by atoms with Gasteiger partial charge in [0, 0.05) is 11.8 Å². The van der Waals surface area contributed by atoms with Gasteiger partial charge in [0.25, 0.3) is 0 Å². The standard InChI is InChI=1S/C25H32O2/c1-3-15-12-16-13-17(26)6-7-18(16)19-8-10-24(4-2)23(22(15)19)20-14-21(20)25(24)9-5-11-27-25/h3,5,9,13,15,18-23H,1,4,6-8,10-12,14H2,2H3/t15?,18-,19?,20?,21-,22?,23?,24-,25-/m0/s1. The maximum absolute atomic E-state index is 12.1. The minimum Gasteiger partial charge on any atom is -0.366 e. The summed E-state index contributed by atoms with van der Waals surface area (Å²) in [4.78, 5) is 12.1. The molecular weight excluding hydrogens is 332 g/mol. The molecule has 27 heavy (non-hydrogen) atoms. The molecule has 1 heterocycles. The Hall–Kier alpha value is -1.15. The average molecular weight is 365 g/mol. The Bertz CT molecular complexity index is 762. The second-order valence-corrected chi connectivity index (χ2v) is 10.3. The predicted octanol–water partition coefficient (Wildman–Crippen LogP) is 5.11. The van der Waals surface area contributed by atoms with Gasteiger partial charge in [0.15, 0.2) is 5.78 Å². The highest BCUT2D eigenvalue weighted by atomic mass is 16.5. The number of rotatable bonds is 2. The summed E-state index contributed by atoms with van der Waals surface area (Å²) in [5.74, 6) is 5.47. The van der Waals surface area contributed by atoms with E-state index >= 15 is 0 Å². The highest BCUT2D eigenvalue weighted by molar-refractivity contribution is 5.91. The van der Waals surface area contributed by atoms with E-state index in [9.17, 15) is 4.79 Å². The summed E-state index contributed by atoms with van der Waals surface area (Å²) in [6.45, 7) is 7.50. The molecule has 2 nitrogen and oxygen atoms in total. The Morgan fingerprint density at radius 1 is 1.33 bits per heavy atom. The van der Waals surface area contributed by atoms with Crippen molar-refractivity contribution in [2.24, 2.45) is 46.8 Å². The second-order valence-electron chi connectivity index (χ2n) is 10.3. The summed E-state index contributed by atoms with van der Waals surface area (Å²) < 4.78 is 6.60. The van der Waals surface area contributed by atoms with Gasteiger partial charge in [-0.2, -0.15) is 0 Å². The van der Waals surface area contributed by atoms with Crippen molar-refractivity contribution in [1.82, 2.24) is 0 Å². The Morgan fingerprint density at radius 2 is 2.22 bits per heavy atom. The van der Waals surface area contributed by atoms with Crippen molar-refractivity contribution in [3.8, 4) is 0 Å². The summed E-state index contributed by atoms with van der Waals surface area (Å²) in [5, 5.41) is 0. The van der Waals surface area contributed by atoms with E-state index in [2.05, 4.69) is 31.7 Å². The van der Waals surface area contributed by atoms with E-state index in [1.54, 1.807) is 0 Å². The summed E-state index contributed by atoms with van der Waals surface area (Å²) >= 11 is 0. The summed E-state index contributed by atoms with van der Waals surface area (Å²) in [6, 6.07) is 0. The van der Waals surface area contributed by atoms with Crippen molar-refractivity contribution < 1.29 is 9.53 Å². The van der Waals surface area contributed by atoms with Gasteiger partial charge in [-0.1, -0.05) is 30.7 Å². The first kappa shape index (κ1) is 16.8. The smallest absolute Gasteiger partial charge is 0.155 e. The van der Waals surface area contributed by atoms with Crippen LogP contribution in [0, 0.1) is 46.8 Å². The van der Waals surface area contributed by atoms with E-state index in [1.165, 1.54) is 31.3 Å². The molecule has 1 spiro atoms. The first-order valence-electron chi connectivity index (χ1n) is 11.3. The zero-order valence-corrected chi connectivity index (χ0v) is 16.5. The lowest BCUT2D eigenvalue weighted by atomic mass is 9.46. The lowest BCUT2D eigenvalue weighted by molar-refractivity contribution is -0.148. The van der Waals surface area contributed by atoms with Crippen LogP contribution in [-0.4, -0.2) is 18.0 Å². The molecule has 6 aliphatic rings. The number of ketones is 1. The fraction of sp³-hybridized carbons (Fsp3) is 0.720. The Labute approximate surface area is 163 Å². The Balaban J connectivity index is 1.45. The third-order valence-corrected chi connectivity index (χ3v) is 9.83. The van der Waals surface area contributed by atoms with E-state index in [0.29, 0.717) is 23.0 Å². The molecule has 0 aromatic rings. The van der Waals surface area contributed by atoms with Gasteiger partial charge in [-0.15, -0.1) is 6.58 Å². The monoisotopic (exact) mass is 364 g/mol. The third-order valence-electron chi connectivity index (χ3n) is 9.83. The van der Waals surface area contributed by atoms with Crippen molar-refractivity contribution in [2.45, 2.75) is 57.5 Å². The Kier molecular flexibility index (Phi) is 3.40. The molecule has 1 aliphatic heterocycles. The molecule has 4 fully saturated rings. The van der Waals surface area contributed by atoms with Crippen LogP contribution in [0.3, 0.4) is 0 Å². The van der Waals surface area contributed by atoms with Gasteiger partial charge in [-0.3, -0.25) is 4.79 Å². The van der Waals surface area contributed by atoms with Gasteiger partial charge >= 0.3 is 0 Å². The number of hydrogen-bond donors (Lipinski definition) is 0. The topological polar surface area (TPSA) is 26.3 Å². The molecule has 0 bridgehead atoms. The van der Waals surface area contributed by atoms with Crippen LogP contribution in [0.25, 0.3) is 0 Å². The number of carbonyl (C=O) groups excluding carboxylic acids is 1. The summed E-state index contributed by atoms with van der Waals surface area (Å²) in [5.41, 5.74) is 1.83.